The van der Waals surface area contributed by atoms with Gasteiger partial charge in [-0.3, -0.25) is 9.69 Å². The van der Waals surface area contributed by atoms with E-state index >= 15 is 0 Å². The van der Waals surface area contributed by atoms with Crippen molar-refractivity contribution < 1.29 is 14.2 Å². The van der Waals surface area contributed by atoms with Crippen LogP contribution in [0.25, 0.3) is 0 Å². The Hall–Kier alpha value is -2.47. The van der Waals surface area contributed by atoms with Crippen LogP contribution in [0.15, 0.2) is 35.3 Å². The fourth-order valence-corrected chi connectivity index (χ4v) is 3.67. The molecule has 0 saturated carbocycles. The average molecular weight is 358 g/mol. The van der Waals surface area contributed by atoms with Crippen LogP contribution in [-0.2, 0) is 6.54 Å². The Kier molecular flexibility index (Phi) is 5.83. The van der Waals surface area contributed by atoms with Crippen LogP contribution >= 0.6 is 0 Å². The Morgan fingerprint density at radius 2 is 1.77 bits per heavy atom. The van der Waals surface area contributed by atoms with Gasteiger partial charge in [0.2, 0.25) is 11.3 Å². The third kappa shape index (κ3) is 3.85. The van der Waals surface area contributed by atoms with E-state index in [1.54, 1.807) is 33.6 Å². The molecule has 0 unspecified atom stereocenters. The van der Waals surface area contributed by atoms with Gasteiger partial charge in [0.25, 0.3) is 0 Å². The number of hydrogen-bond donors (Lipinski definition) is 1. The molecule has 0 amide bonds. The highest BCUT2D eigenvalue weighted by molar-refractivity contribution is 5.55. The first-order chi connectivity index (χ1) is 12.7. The molecule has 1 aromatic heterocycles. The van der Waals surface area contributed by atoms with Gasteiger partial charge in [0, 0.05) is 24.4 Å². The summed E-state index contributed by atoms with van der Waals surface area (Å²) in [5, 5.41) is 0. The van der Waals surface area contributed by atoms with Crippen LogP contribution in [0.4, 0.5) is 0 Å². The van der Waals surface area contributed by atoms with E-state index in [0.29, 0.717) is 17.4 Å². The molecule has 1 fully saturated rings. The van der Waals surface area contributed by atoms with E-state index in [1.165, 1.54) is 0 Å². The quantitative estimate of drug-likeness (QED) is 0.860. The van der Waals surface area contributed by atoms with Crippen molar-refractivity contribution in [1.29, 1.82) is 0 Å². The SMILES string of the molecule is COc1ccc(CN2CCC(c3cc[nH]c(=O)c3)CC2)c(OC)c1OC. The Bertz CT molecular complexity index is 795. The molecule has 0 spiro atoms. The van der Waals surface area contributed by atoms with Crippen molar-refractivity contribution in [2.24, 2.45) is 0 Å². The number of benzene rings is 1. The maximum Gasteiger partial charge on any atom is 0.248 e. The molecule has 1 aromatic carbocycles. The smallest absolute Gasteiger partial charge is 0.248 e. The molecule has 1 N–H and O–H groups in total. The number of methoxy groups -OCH3 is 3. The van der Waals surface area contributed by atoms with Crippen molar-refractivity contribution in [2.75, 3.05) is 34.4 Å². The zero-order valence-corrected chi connectivity index (χ0v) is 15.6. The van der Waals surface area contributed by atoms with Crippen molar-refractivity contribution in [1.82, 2.24) is 9.88 Å². The summed E-state index contributed by atoms with van der Waals surface area (Å²) in [6.45, 7) is 2.76. The highest BCUT2D eigenvalue weighted by atomic mass is 16.5. The minimum atomic E-state index is -0.0278. The molecule has 0 atom stereocenters. The lowest BCUT2D eigenvalue weighted by molar-refractivity contribution is 0.201. The van der Waals surface area contributed by atoms with Crippen LogP contribution in [0.5, 0.6) is 17.2 Å². The number of rotatable bonds is 6. The van der Waals surface area contributed by atoms with E-state index in [0.717, 1.165) is 49.4 Å². The average Bonchev–Trinajstić information content (AvgIpc) is 2.68. The molecule has 6 nitrogen and oxygen atoms in total. The Morgan fingerprint density at radius 1 is 1.04 bits per heavy atom. The zero-order chi connectivity index (χ0) is 18.5. The van der Waals surface area contributed by atoms with Crippen LogP contribution in [0.1, 0.15) is 29.9 Å². The van der Waals surface area contributed by atoms with Crippen LogP contribution in [-0.4, -0.2) is 44.3 Å². The first kappa shape index (κ1) is 18.3. The van der Waals surface area contributed by atoms with Gasteiger partial charge in [0.15, 0.2) is 11.5 Å². The second-order valence-electron chi connectivity index (χ2n) is 6.53. The first-order valence-electron chi connectivity index (χ1n) is 8.85. The fraction of sp³-hybridized carbons (Fsp3) is 0.450. The molecule has 0 aliphatic carbocycles. The second-order valence-corrected chi connectivity index (χ2v) is 6.53. The van der Waals surface area contributed by atoms with Crippen molar-refractivity contribution >= 4 is 0 Å². The highest BCUT2D eigenvalue weighted by Gasteiger charge is 2.23. The van der Waals surface area contributed by atoms with Crippen LogP contribution in [0.2, 0.25) is 0 Å². The summed E-state index contributed by atoms with van der Waals surface area (Å²) in [6, 6.07) is 7.68. The number of nitrogens with zero attached hydrogens (tertiary/aromatic N) is 1. The molecule has 0 radical (unpaired) electrons. The molecule has 3 rings (SSSR count). The van der Waals surface area contributed by atoms with Crippen LogP contribution in [0.3, 0.4) is 0 Å². The van der Waals surface area contributed by atoms with E-state index < -0.39 is 0 Å². The number of nitrogens with one attached hydrogen (secondary N) is 1. The van der Waals surface area contributed by atoms with Crippen molar-refractivity contribution in [3.05, 3.63) is 51.9 Å². The standard InChI is InChI=1S/C20H26N2O4/c1-24-17-5-4-16(19(25-2)20(17)26-3)13-22-10-7-14(8-11-22)15-6-9-21-18(23)12-15/h4-6,9,12,14H,7-8,10-11,13H2,1-3H3,(H,21,23). The summed E-state index contributed by atoms with van der Waals surface area (Å²) < 4.78 is 16.4. The number of ether oxygens (including phenoxy) is 3. The first-order valence-corrected chi connectivity index (χ1v) is 8.85. The van der Waals surface area contributed by atoms with E-state index in [1.807, 2.05) is 18.2 Å². The third-order valence-electron chi connectivity index (χ3n) is 5.04. The second kappa shape index (κ2) is 8.27. The van der Waals surface area contributed by atoms with E-state index in [2.05, 4.69) is 9.88 Å². The Labute approximate surface area is 153 Å². The summed E-state index contributed by atoms with van der Waals surface area (Å²) >= 11 is 0. The van der Waals surface area contributed by atoms with Gasteiger partial charge in [0.1, 0.15) is 0 Å². The largest absolute Gasteiger partial charge is 0.493 e. The topological polar surface area (TPSA) is 63.8 Å². The monoisotopic (exact) mass is 358 g/mol. The van der Waals surface area contributed by atoms with E-state index in [4.69, 9.17) is 14.2 Å². The fourth-order valence-electron chi connectivity index (χ4n) is 3.67. The number of aromatic amines is 1. The highest BCUT2D eigenvalue weighted by Crippen LogP contribution is 2.40. The summed E-state index contributed by atoms with van der Waals surface area (Å²) in [7, 11) is 4.90. The number of hydrogen-bond acceptors (Lipinski definition) is 5. The van der Waals surface area contributed by atoms with Gasteiger partial charge in [-0.05, 0) is 49.5 Å². The van der Waals surface area contributed by atoms with Gasteiger partial charge in [-0.15, -0.1) is 0 Å². The van der Waals surface area contributed by atoms with Gasteiger partial charge in [-0.2, -0.15) is 0 Å². The maximum atomic E-state index is 11.5. The number of aromatic nitrogens is 1. The van der Waals surface area contributed by atoms with Gasteiger partial charge in [0.05, 0.1) is 21.3 Å². The minimum Gasteiger partial charge on any atom is -0.493 e. The summed E-state index contributed by atoms with van der Waals surface area (Å²) in [5.41, 5.74) is 2.19. The summed E-state index contributed by atoms with van der Waals surface area (Å²) in [6.07, 6.45) is 3.82. The third-order valence-corrected chi connectivity index (χ3v) is 5.04. The molecular formula is C20H26N2O4. The lowest BCUT2D eigenvalue weighted by atomic mass is 9.90. The molecule has 1 aliphatic rings. The normalized spacial score (nSPS) is 15.7. The lowest BCUT2D eigenvalue weighted by Crippen LogP contribution is -2.32. The number of piperidine rings is 1. The molecule has 1 aliphatic heterocycles. The minimum absolute atomic E-state index is 0.0278. The molecule has 140 valence electrons. The van der Waals surface area contributed by atoms with Crippen LogP contribution in [0, 0.1) is 0 Å². The molecular weight excluding hydrogens is 332 g/mol. The zero-order valence-electron chi connectivity index (χ0n) is 15.6. The van der Waals surface area contributed by atoms with Crippen molar-refractivity contribution in [2.45, 2.75) is 25.3 Å². The van der Waals surface area contributed by atoms with Gasteiger partial charge in [-0.1, -0.05) is 6.07 Å². The lowest BCUT2D eigenvalue weighted by Gasteiger charge is -2.32. The molecule has 1 saturated heterocycles. The molecule has 0 bridgehead atoms. The number of pyridine rings is 1. The maximum absolute atomic E-state index is 11.5. The van der Waals surface area contributed by atoms with Gasteiger partial charge >= 0.3 is 0 Å². The number of H-pyrrole nitrogens is 1. The molecule has 2 heterocycles. The van der Waals surface area contributed by atoms with Crippen LogP contribution < -0.4 is 19.8 Å². The van der Waals surface area contributed by atoms with Gasteiger partial charge in [-0.25, -0.2) is 0 Å². The summed E-state index contributed by atoms with van der Waals surface area (Å²) in [5.74, 6) is 2.47. The predicted molar refractivity (Wildman–Crippen MR) is 100 cm³/mol. The summed E-state index contributed by atoms with van der Waals surface area (Å²) in [4.78, 5) is 16.6. The molecule has 2 aromatic rings. The Balaban J connectivity index is 1.69. The van der Waals surface area contributed by atoms with Crippen molar-refractivity contribution in [3.63, 3.8) is 0 Å². The molecule has 6 heteroatoms. The van der Waals surface area contributed by atoms with Crippen molar-refractivity contribution in [3.8, 4) is 17.2 Å². The van der Waals surface area contributed by atoms with E-state index in [9.17, 15) is 4.79 Å². The van der Waals surface area contributed by atoms with E-state index in [-0.39, 0.29) is 5.56 Å². The Morgan fingerprint density at radius 3 is 2.38 bits per heavy atom. The predicted octanol–water partition coefficient (Wildman–Crippen LogP) is 2.78. The molecule has 26 heavy (non-hydrogen) atoms. The number of likely N-dealkylation sites (tertiary alicyclic amines) is 1. The van der Waals surface area contributed by atoms with Gasteiger partial charge < -0.3 is 19.2 Å².